The van der Waals surface area contributed by atoms with Crippen molar-refractivity contribution in [3.05, 3.63) is 29.8 Å². The van der Waals surface area contributed by atoms with Crippen LogP contribution in [0.15, 0.2) is 24.3 Å². The fraction of sp³-hybridized carbons (Fsp3) is 0.444. The van der Waals surface area contributed by atoms with Crippen LogP contribution in [-0.4, -0.2) is 46.6 Å². The molecule has 1 saturated heterocycles. The Labute approximate surface area is 147 Å². The molecule has 0 spiro atoms. The second kappa shape index (κ2) is 7.46. The number of urea groups is 1. The maximum atomic E-state index is 12.2. The number of imide groups is 2. The van der Waals surface area contributed by atoms with Crippen molar-refractivity contribution in [3.8, 4) is 0 Å². The number of anilines is 1. The molecule has 1 fully saturated rings. The average molecular weight is 345 g/mol. The molecule has 1 aromatic rings. The van der Waals surface area contributed by atoms with Gasteiger partial charge < -0.3 is 5.32 Å². The van der Waals surface area contributed by atoms with Gasteiger partial charge in [0.2, 0.25) is 5.91 Å². The molecule has 0 aliphatic carbocycles. The third kappa shape index (κ3) is 4.23. The monoisotopic (exact) mass is 345 g/mol. The van der Waals surface area contributed by atoms with E-state index in [2.05, 4.69) is 19.2 Å². The fourth-order valence-corrected chi connectivity index (χ4v) is 2.51. The molecular weight excluding hydrogens is 322 g/mol. The summed E-state index contributed by atoms with van der Waals surface area (Å²) >= 11 is 0. The largest absolute Gasteiger partial charge is 0.334 e. The normalized spacial score (nSPS) is 14.9. The molecule has 0 radical (unpaired) electrons. The summed E-state index contributed by atoms with van der Waals surface area (Å²) in [5.74, 6) is -1.96. The van der Waals surface area contributed by atoms with E-state index >= 15 is 0 Å². The molecule has 1 aromatic carbocycles. The molecule has 0 aromatic heterocycles. The van der Waals surface area contributed by atoms with Crippen LogP contribution >= 0.6 is 0 Å². The highest BCUT2D eigenvalue weighted by Crippen LogP contribution is 2.18. The Hall–Kier alpha value is -2.70. The zero-order valence-electron chi connectivity index (χ0n) is 14.9. The highest BCUT2D eigenvalue weighted by molar-refractivity contribution is 6.45. The summed E-state index contributed by atoms with van der Waals surface area (Å²) in [5, 5.41) is 2.63. The lowest BCUT2D eigenvalue weighted by Crippen LogP contribution is -2.39. The van der Waals surface area contributed by atoms with Gasteiger partial charge in [0.05, 0.1) is 0 Å². The SMILES string of the molecule is CC(C)CN1C(=O)C(=O)N(CC(=O)Nc2ccc(C(C)C)cc2)C1=O. The van der Waals surface area contributed by atoms with E-state index in [9.17, 15) is 19.2 Å². The lowest BCUT2D eigenvalue weighted by molar-refractivity contribution is -0.143. The number of benzene rings is 1. The Kier molecular flexibility index (Phi) is 5.56. The van der Waals surface area contributed by atoms with Crippen LogP contribution in [0.2, 0.25) is 0 Å². The van der Waals surface area contributed by atoms with Crippen molar-refractivity contribution in [2.45, 2.75) is 33.6 Å². The molecule has 1 heterocycles. The van der Waals surface area contributed by atoms with Gasteiger partial charge in [-0.3, -0.25) is 19.3 Å². The molecular formula is C18H23N3O4. The summed E-state index contributed by atoms with van der Waals surface area (Å²) in [7, 11) is 0. The van der Waals surface area contributed by atoms with Crippen LogP contribution < -0.4 is 5.32 Å². The lowest BCUT2D eigenvalue weighted by atomic mass is 10.0. The van der Waals surface area contributed by atoms with Gasteiger partial charge >= 0.3 is 17.8 Å². The second-order valence-electron chi connectivity index (χ2n) is 6.81. The highest BCUT2D eigenvalue weighted by Gasteiger charge is 2.45. The van der Waals surface area contributed by atoms with E-state index in [1.807, 2.05) is 26.0 Å². The number of amides is 5. The van der Waals surface area contributed by atoms with Crippen molar-refractivity contribution in [1.29, 1.82) is 0 Å². The van der Waals surface area contributed by atoms with Crippen molar-refractivity contribution < 1.29 is 19.2 Å². The molecule has 1 aliphatic heterocycles. The molecule has 7 nitrogen and oxygen atoms in total. The van der Waals surface area contributed by atoms with Crippen LogP contribution in [0, 0.1) is 5.92 Å². The number of hydrogen-bond acceptors (Lipinski definition) is 4. The number of carbonyl (C=O) groups is 4. The van der Waals surface area contributed by atoms with Gasteiger partial charge in [0, 0.05) is 12.2 Å². The highest BCUT2D eigenvalue weighted by atomic mass is 16.2. The van der Waals surface area contributed by atoms with Gasteiger partial charge in [-0.1, -0.05) is 39.8 Å². The number of nitrogens with zero attached hydrogens (tertiary/aromatic N) is 2. The van der Waals surface area contributed by atoms with E-state index < -0.39 is 30.3 Å². The maximum absolute atomic E-state index is 12.2. The first-order valence-corrected chi connectivity index (χ1v) is 8.27. The van der Waals surface area contributed by atoms with Crippen LogP contribution in [0.3, 0.4) is 0 Å². The van der Waals surface area contributed by atoms with Gasteiger partial charge in [0.1, 0.15) is 6.54 Å². The van der Waals surface area contributed by atoms with E-state index in [1.165, 1.54) is 0 Å². The maximum Gasteiger partial charge on any atom is 0.334 e. The van der Waals surface area contributed by atoms with Crippen LogP contribution in [0.1, 0.15) is 39.2 Å². The predicted octanol–water partition coefficient (Wildman–Crippen LogP) is 2.20. The van der Waals surface area contributed by atoms with Crippen LogP contribution in [0.4, 0.5) is 10.5 Å². The van der Waals surface area contributed by atoms with Crippen molar-refractivity contribution in [2.24, 2.45) is 5.92 Å². The number of nitrogens with one attached hydrogen (secondary N) is 1. The number of carbonyl (C=O) groups excluding carboxylic acids is 4. The Balaban J connectivity index is 2.01. The zero-order valence-corrected chi connectivity index (χ0v) is 14.9. The molecule has 1 N–H and O–H groups in total. The van der Waals surface area contributed by atoms with E-state index in [-0.39, 0.29) is 12.5 Å². The van der Waals surface area contributed by atoms with E-state index in [0.717, 1.165) is 10.5 Å². The quantitative estimate of drug-likeness (QED) is 0.632. The number of hydrogen-bond donors (Lipinski definition) is 1. The summed E-state index contributed by atoms with van der Waals surface area (Å²) in [5.41, 5.74) is 1.71. The van der Waals surface area contributed by atoms with Gasteiger partial charge in [-0.25, -0.2) is 9.69 Å². The minimum atomic E-state index is -0.962. The molecule has 7 heteroatoms. The first-order valence-electron chi connectivity index (χ1n) is 8.27. The zero-order chi connectivity index (χ0) is 18.7. The van der Waals surface area contributed by atoms with E-state index in [4.69, 9.17) is 0 Å². The van der Waals surface area contributed by atoms with E-state index in [0.29, 0.717) is 16.5 Å². The van der Waals surface area contributed by atoms with Crippen molar-refractivity contribution >= 4 is 29.4 Å². The third-order valence-corrected chi connectivity index (χ3v) is 3.85. The summed E-state index contributed by atoms with van der Waals surface area (Å²) < 4.78 is 0. The minimum absolute atomic E-state index is 0.0361. The lowest BCUT2D eigenvalue weighted by Gasteiger charge is -2.17. The van der Waals surface area contributed by atoms with Crippen molar-refractivity contribution in [2.75, 3.05) is 18.4 Å². The molecule has 5 amide bonds. The standard InChI is InChI=1S/C18H23N3O4/c1-11(2)9-20-16(23)17(24)21(18(20)25)10-15(22)19-14-7-5-13(6-8-14)12(3)4/h5-8,11-12H,9-10H2,1-4H3,(H,19,22). The summed E-state index contributed by atoms with van der Waals surface area (Å²) in [6.07, 6.45) is 0. The summed E-state index contributed by atoms with van der Waals surface area (Å²) in [6.45, 7) is 7.47. The van der Waals surface area contributed by atoms with Crippen LogP contribution in [0.5, 0.6) is 0 Å². The van der Waals surface area contributed by atoms with Crippen LogP contribution in [0.25, 0.3) is 0 Å². The van der Waals surface area contributed by atoms with E-state index in [1.54, 1.807) is 12.1 Å². The first kappa shape index (κ1) is 18.6. The molecule has 0 atom stereocenters. The smallest absolute Gasteiger partial charge is 0.325 e. The summed E-state index contributed by atoms with van der Waals surface area (Å²) in [4.78, 5) is 49.7. The molecule has 25 heavy (non-hydrogen) atoms. The van der Waals surface area contributed by atoms with Gasteiger partial charge in [-0.15, -0.1) is 0 Å². The van der Waals surface area contributed by atoms with Gasteiger partial charge in [0.15, 0.2) is 0 Å². The van der Waals surface area contributed by atoms with Gasteiger partial charge in [0.25, 0.3) is 0 Å². The average Bonchev–Trinajstić information content (AvgIpc) is 2.73. The van der Waals surface area contributed by atoms with Gasteiger partial charge in [-0.2, -0.15) is 0 Å². The molecule has 0 saturated carbocycles. The molecule has 0 unspecified atom stereocenters. The topological polar surface area (TPSA) is 86.8 Å². The fourth-order valence-electron chi connectivity index (χ4n) is 2.51. The van der Waals surface area contributed by atoms with Gasteiger partial charge in [-0.05, 0) is 29.5 Å². The number of rotatable bonds is 6. The Morgan fingerprint density at radius 3 is 2.04 bits per heavy atom. The Bertz CT molecular complexity index is 695. The molecule has 0 bridgehead atoms. The van der Waals surface area contributed by atoms with Crippen LogP contribution in [-0.2, 0) is 14.4 Å². The first-order chi connectivity index (χ1) is 11.7. The Morgan fingerprint density at radius 2 is 1.52 bits per heavy atom. The second-order valence-corrected chi connectivity index (χ2v) is 6.81. The van der Waals surface area contributed by atoms with Crippen molar-refractivity contribution in [3.63, 3.8) is 0 Å². The van der Waals surface area contributed by atoms with Crippen molar-refractivity contribution in [1.82, 2.24) is 9.80 Å². The predicted molar refractivity (Wildman–Crippen MR) is 92.8 cm³/mol. The minimum Gasteiger partial charge on any atom is -0.325 e. The third-order valence-electron chi connectivity index (χ3n) is 3.85. The molecule has 1 aliphatic rings. The Morgan fingerprint density at radius 1 is 0.960 bits per heavy atom. The molecule has 134 valence electrons. The summed E-state index contributed by atoms with van der Waals surface area (Å²) in [6, 6.07) is 6.59. The molecule has 2 rings (SSSR count).